The molecule has 0 saturated carbocycles. The summed E-state index contributed by atoms with van der Waals surface area (Å²) in [6.45, 7) is 1.87. The van der Waals surface area contributed by atoms with E-state index in [1.54, 1.807) is 13.1 Å². The number of nitrogens with one attached hydrogen (secondary N) is 1. The zero-order chi connectivity index (χ0) is 13.3. The Hall–Kier alpha value is -1.40. The summed E-state index contributed by atoms with van der Waals surface area (Å²) in [4.78, 5) is 19.7. The average Bonchev–Trinajstić information content (AvgIpc) is 2.29. The standard InChI is InChI=1S/C11H10BrClN4O/c1-6-3-7(12)4-8(13)9(6)17-5-15-10(14-2)16-11(17)18/h3-5H,1-2H3,(H,14,16,18). The molecule has 0 spiro atoms. The van der Waals surface area contributed by atoms with Crippen LogP contribution >= 0.6 is 27.5 Å². The highest BCUT2D eigenvalue weighted by Gasteiger charge is 2.11. The van der Waals surface area contributed by atoms with Gasteiger partial charge in [-0.2, -0.15) is 4.98 Å². The van der Waals surface area contributed by atoms with Crippen LogP contribution < -0.4 is 11.0 Å². The smallest absolute Gasteiger partial charge is 0.356 e. The van der Waals surface area contributed by atoms with Crippen molar-refractivity contribution in [3.63, 3.8) is 0 Å². The Bertz CT molecular complexity index is 633. The molecular weight excluding hydrogens is 320 g/mol. The fourth-order valence-corrected chi connectivity index (χ4v) is 2.67. The Morgan fingerprint density at radius 2 is 2.17 bits per heavy atom. The van der Waals surface area contributed by atoms with Crippen molar-refractivity contribution >= 4 is 33.5 Å². The van der Waals surface area contributed by atoms with Gasteiger partial charge in [-0.25, -0.2) is 14.3 Å². The predicted octanol–water partition coefficient (Wildman–Crippen LogP) is 2.39. The Morgan fingerprint density at radius 3 is 2.72 bits per heavy atom. The van der Waals surface area contributed by atoms with E-state index < -0.39 is 5.69 Å². The van der Waals surface area contributed by atoms with Crippen molar-refractivity contribution in [2.45, 2.75) is 6.92 Å². The fourth-order valence-electron chi connectivity index (χ4n) is 1.61. The summed E-state index contributed by atoms with van der Waals surface area (Å²) in [6, 6.07) is 3.60. The minimum absolute atomic E-state index is 0.280. The molecule has 0 unspecified atom stereocenters. The van der Waals surface area contributed by atoms with Crippen LogP contribution in [-0.4, -0.2) is 21.6 Å². The molecule has 94 valence electrons. The topological polar surface area (TPSA) is 59.8 Å². The molecule has 0 aliphatic carbocycles. The molecule has 18 heavy (non-hydrogen) atoms. The molecule has 0 saturated heterocycles. The lowest BCUT2D eigenvalue weighted by Crippen LogP contribution is -2.23. The minimum atomic E-state index is -0.429. The van der Waals surface area contributed by atoms with Crippen LogP contribution in [0.1, 0.15) is 5.56 Å². The first-order valence-electron chi connectivity index (χ1n) is 5.12. The van der Waals surface area contributed by atoms with E-state index in [1.807, 2.05) is 13.0 Å². The van der Waals surface area contributed by atoms with Gasteiger partial charge in [-0.15, -0.1) is 0 Å². The fraction of sp³-hybridized carbons (Fsp3) is 0.182. The molecule has 0 radical (unpaired) electrons. The van der Waals surface area contributed by atoms with Crippen LogP contribution in [-0.2, 0) is 0 Å². The van der Waals surface area contributed by atoms with Gasteiger partial charge in [-0.1, -0.05) is 27.5 Å². The molecule has 2 aromatic rings. The Balaban J connectivity index is 2.66. The number of anilines is 1. The third-order valence-corrected chi connectivity index (χ3v) is 3.13. The summed E-state index contributed by atoms with van der Waals surface area (Å²) in [7, 11) is 1.65. The van der Waals surface area contributed by atoms with E-state index in [9.17, 15) is 4.79 Å². The van der Waals surface area contributed by atoms with Gasteiger partial charge in [0.15, 0.2) is 0 Å². The van der Waals surface area contributed by atoms with Gasteiger partial charge in [-0.3, -0.25) is 0 Å². The van der Waals surface area contributed by atoms with Gasteiger partial charge in [0.2, 0.25) is 5.95 Å². The van der Waals surface area contributed by atoms with Crippen molar-refractivity contribution in [3.8, 4) is 5.69 Å². The molecule has 1 aromatic heterocycles. The molecule has 0 bridgehead atoms. The first-order chi connectivity index (χ1) is 8.52. The first-order valence-corrected chi connectivity index (χ1v) is 6.29. The molecule has 0 fully saturated rings. The third kappa shape index (κ3) is 2.39. The molecule has 0 atom stereocenters. The minimum Gasteiger partial charge on any atom is -0.357 e. The summed E-state index contributed by atoms with van der Waals surface area (Å²) in [5.74, 6) is 0.280. The quantitative estimate of drug-likeness (QED) is 0.919. The van der Waals surface area contributed by atoms with Gasteiger partial charge in [0, 0.05) is 11.5 Å². The molecule has 5 nitrogen and oxygen atoms in total. The van der Waals surface area contributed by atoms with E-state index >= 15 is 0 Å². The summed E-state index contributed by atoms with van der Waals surface area (Å²) in [5.41, 5.74) is 1.02. The summed E-state index contributed by atoms with van der Waals surface area (Å²) in [6.07, 6.45) is 1.41. The van der Waals surface area contributed by atoms with E-state index in [0.717, 1.165) is 10.0 Å². The van der Waals surface area contributed by atoms with Crippen molar-refractivity contribution < 1.29 is 0 Å². The maximum absolute atomic E-state index is 11.9. The van der Waals surface area contributed by atoms with Crippen LogP contribution in [0, 0.1) is 6.92 Å². The largest absolute Gasteiger partial charge is 0.357 e. The molecule has 2 rings (SSSR count). The number of benzene rings is 1. The van der Waals surface area contributed by atoms with E-state index in [2.05, 4.69) is 31.2 Å². The summed E-state index contributed by atoms with van der Waals surface area (Å²) >= 11 is 9.50. The zero-order valence-electron chi connectivity index (χ0n) is 9.74. The van der Waals surface area contributed by atoms with Crippen molar-refractivity contribution in [2.75, 3.05) is 12.4 Å². The molecule has 0 aliphatic heterocycles. The summed E-state index contributed by atoms with van der Waals surface area (Å²) in [5, 5.41) is 3.17. The molecular formula is C11H10BrClN4O. The van der Waals surface area contributed by atoms with Crippen LogP contribution in [0.2, 0.25) is 5.02 Å². The van der Waals surface area contributed by atoms with E-state index in [0.29, 0.717) is 10.7 Å². The number of hydrogen-bond acceptors (Lipinski definition) is 4. The van der Waals surface area contributed by atoms with Gasteiger partial charge in [-0.05, 0) is 24.6 Å². The molecule has 7 heteroatoms. The second-order valence-corrected chi connectivity index (χ2v) is 4.96. The lowest BCUT2D eigenvalue weighted by molar-refractivity contribution is 0.857. The SMILES string of the molecule is CNc1ncn(-c2c(C)cc(Br)cc2Cl)c(=O)n1. The van der Waals surface area contributed by atoms with E-state index in [4.69, 9.17) is 11.6 Å². The van der Waals surface area contributed by atoms with Gasteiger partial charge >= 0.3 is 5.69 Å². The normalized spacial score (nSPS) is 10.4. The highest BCUT2D eigenvalue weighted by atomic mass is 79.9. The van der Waals surface area contributed by atoms with Gasteiger partial charge in [0.25, 0.3) is 0 Å². The first kappa shape index (κ1) is 13.0. The zero-order valence-corrected chi connectivity index (χ0v) is 12.1. The Kier molecular flexibility index (Phi) is 3.68. The van der Waals surface area contributed by atoms with Gasteiger partial charge in [0.05, 0.1) is 10.7 Å². The van der Waals surface area contributed by atoms with Crippen LogP contribution in [0.3, 0.4) is 0 Å². The Morgan fingerprint density at radius 1 is 1.44 bits per heavy atom. The van der Waals surface area contributed by atoms with E-state index in [-0.39, 0.29) is 5.95 Å². The van der Waals surface area contributed by atoms with Crippen LogP contribution in [0.15, 0.2) is 27.7 Å². The molecule has 1 N–H and O–H groups in total. The number of aromatic nitrogens is 3. The van der Waals surface area contributed by atoms with Crippen molar-refractivity contribution in [3.05, 3.63) is 44.0 Å². The van der Waals surface area contributed by atoms with Gasteiger partial charge < -0.3 is 5.32 Å². The second-order valence-electron chi connectivity index (χ2n) is 3.64. The maximum Gasteiger partial charge on any atom is 0.356 e. The maximum atomic E-state index is 11.9. The number of hydrogen-bond donors (Lipinski definition) is 1. The highest BCUT2D eigenvalue weighted by Crippen LogP contribution is 2.27. The van der Waals surface area contributed by atoms with Crippen molar-refractivity contribution in [1.82, 2.24) is 14.5 Å². The summed E-state index contributed by atoms with van der Waals surface area (Å²) < 4.78 is 2.18. The number of aryl methyl sites for hydroxylation is 1. The molecule has 0 aliphatic rings. The molecule has 0 amide bonds. The monoisotopic (exact) mass is 328 g/mol. The predicted molar refractivity (Wildman–Crippen MR) is 74.6 cm³/mol. The lowest BCUT2D eigenvalue weighted by Gasteiger charge is -2.11. The van der Waals surface area contributed by atoms with Crippen LogP contribution in [0.4, 0.5) is 5.95 Å². The van der Waals surface area contributed by atoms with Crippen LogP contribution in [0.25, 0.3) is 5.69 Å². The lowest BCUT2D eigenvalue weighted by atomic mass is 10.2. The number of nitrogens with zero attached hydrogens (tertiary/aromatic N) is 3. The number of rotatable bonds is 2. The molecule has 1 aromatic carbocycles. The highest BCUT2D eigenvalue weighted by molar-refractivity contribution is 9.10. The average molecular weight is 330 g/mol. The van der Waals surface area contributed by atoms with Crippen LogP contribution in [0.5, 0.6) is 0 Å². The Labute approximate surface area is 117 Å². The third-order valence-electron chi connectivity index (χ3n) is 2.39. The molecule has 1 heterocycles. The number of halogens is 2. The van der Waals surface area contributed by atoms with Crippen molar-refractivity contribution in [1.29, 1.82) is 0 Å². The van der Waals surface area contributed by atoms with Crippen molar-refractivity contribution in [2.24, 2.45) is 0 Å². The van der Waals surface area contributed by atoms with E-state index in [1.165, 1.54) is 10.9 Å². The van der Waals surface area contributed by atoms with Gasteiger partial charge in [0.1, 0.15) is 6.33 Å². The second kappa shape index (κ2) is 5.07.